The third-order valence-electron chi connectivity index (χ3n) is 4.68. The summed E-state index contributed by atoms with van der Waals surface area (Å²) in [6.45, 7) is 1.84. The molecule has 1 atom stereocenters. The van der Waals surface area contributed by atoms with Crippen LogP contribution in [0.1, 0.15) is 39.5 Å². The van der Waals surface area contributed by atoms with E-state index in [1.165, 1.54) is 18.9 Å². The van der Waals surface area contributed by atoms with E-state index in [2.05, 4.69) is 15.5 Å². The fraction of sp³-hybridized carbons (Fsp3) is 0.273. The first-order valence-corrected chi connectivity index (χ1v) is 10.6. The van der Waals surface area contributed by atoms with E-state index >= 15 is 0 Å². The van der Waals surface area contributed by atoms with Crippen LogP contribution in [0.2, 0.25) is 0 Å². The van der Waals surface area contributed by atoms with Crippen LogP contribution in [0.4, 0.5) is 0 Å². The summed E-state index contributed by atoms with van der Waals surface area (Å²) in [6, 6.07) is 13.7. The molecule has 0 fully saturated rings. The molecule has 2 aromatic carbocycles. The molecule has 3 aromatic rings. The Morgan fingerprint density at radius 1 is 1.03 bits per heavy atom. The molecule has 0 spiro atoms. The van der Waals surface area contributed by atoms with E-state index in [0.29, 0.717) is 33.6 Å². The van der Waals surface area contributed by atoms with Crippen molar-refractivity contribution in [3.63, 3.8) is 0 Å². The number of hydrogen-bond donors (Lipinski definition) is 1. The van der Waals surface area contributed by atoms with Crippen LogP contribution in [-0.2, 0) is 7.05 Å². The number of Topliss-reactive ketones (excluding diaryl/α,β-unsaturated/α-hetero) is 1. The Balaban J connectivity index is 1.64. The second-order valence-electron chi connectivity index (χ2n) is 6.74. The summed E-state index contributed by atoms with van der Waals surface area (Å²) in [6.07, 6.45) is 0. The van der Waals surface area contributed by atoms with Crippen molar-refractivity contribution in [2.75, 3.05) is 20.0 Å². The second kappa shape index (κ2) is 10.1. The summed E-state index contributed by atoms with van der Waals surface area (Å²) in [5, 5.41) is 11.9. The van der Waals surface area contributed by atoms with Gasteiger partial charge in [0.2, 0.25) is 0 Å². The molecule has 0 aliphatic heterocycles. The standard InChI is InChI=1S/C22H24N4O4S/c1-14(23-21(28)15-8-6-5-7-9-15)20-24-25-22(26(20)2)31-13-17(27)16-10-11-18(29-3)19(12-16)30-4/h5-12,14H,13H2,1-4H3,(H,23,28). The van der Waals surface area contributed by atoms with Gasteiger partial charge in [-0.15, -0.1) is 10.2 Å². The number of thioether (sulfide) groups is 1. The molecule has 1 unspecified atom stereocenters. The average molecular weight is 441 g/mol. The molecule has 1 N–H and O–H groups in total. The van der Waals surface area contributed by atoms with Crippen LogP contribution in [0.25, 0.3) is 0 Å². The van der Waals surface area contributed by atoms with Gasteiger partial charge < -0.3 is 19.4 Å². The summed E-state index contributed by atoms with van der Waals surface area (Å²) in [4.78, 5) is 25.0. The van der Waals surface area contributed by atoms with E-state index in [9.17, 15) is 9.59 Å². The molecule has 1 heterocycles. The zero-order valence-corrected chi connectivity index (χ0v) is 18.6. The van der Waals surface area contributed by atoms with Crippen molar-refractivity contribution >= 4 is 23.5 Å². The fourth-order valence-electron chi connectivity index (χ4n) is 2.99. The maximum absolute atomic E-state index is 12.6. The molecule has 9 heteroatoms. The molecule has 0 radical (unpaired) electrons. The van der Waals surface area contributed by atoms with Gasteiger partial charge in [-0.3, -0.25) is 9.59 Å². The number of hydrogen-bond acceptors (Lipinski definition) is 7. The van der Waals surface area contributed by atoms with E-state index in [1.807, 2.05) is 32.2 Å². The number of nitrogens with zero attached hydrogens (tertiary/aromatic N) is 3. The van der Waals surface area contributed by atoms with Crippen LogP contribution in [0.15, 0.2) is 53.7 Å². The zero-order valence-electron chi connectivity index (χ0n) is 17.8. The Kier molecular flexibility index (Phi) is 7.30. The topological polar surface area (TPSA) is 95.3 Å². The number of amides is 1. The van der Waals surface area contributed by atoms with Crippen LogP contribution < -0.4 is 14.8 Å². The van der Waals surface area contributed by atoms with Crippen molar-refractivity contribution in [3.8, 4) is 11.5 Å². The Morgan fingerprint density at radius 2 is 1.74 bits per heavy atom. The number of aromatic nitrogens is 3. The molecular weight excluding hydrogens is 416 g/mol. The smallest absolute Gasteiger partial charge is 0.251 e. The molecule has 162 valence electrons. The first-order valence-electron chi connectivity index (χ1n) is 9.57. The largest absolute Gasteiger partial charge is 0.493 e. The van der Waals surface area contributed by atoms with Crippen molar-refractivity contribution in [2.24, 2.45) is 7.05 Å². The van der Waals surface area contributed by atoms with Gasteiger partial charge in [0.05, 0.1) is 26.0 Å². The lowest BCUT2D eigenvalue weighted by molar-refractivity contribution is 0.0937. The minimum atomic E-state index is -0.346. The first kappa shape index (κ1) is 22.4. The van der Waals surface area contributed by atoms with E-state index in [4.69, 9.17) is 9.47 Å². The van der Waals surface area contributed by atoms with Crippen LogP contribution in [0.5, 0.6) is 11.5 Å². The van der Waals surface area contributed by atoms with Gasteiger partial charge in [0.15, 0.2) is 28.3 Å². The first-order chi connectivity index (χ1) is 14.9. The quantitative estimate of drug-likeness (QED) is 0.403. The highest BCUT2D eigenvalue weighted by atomic mass is 32.2. The van der Waals surface area contributed by atoms with Crippen molar-refractivity contribution in [1.82, 2.24) is 20.1 Å². The number of carbonyl (C=O) groups excluding carboxylic acids is 2. The molecule has 1 aromatic heterocycles. The highest BCUT2D eigenvalue weighted by molar-refractivity contribution is 7.99. The van der Waals surface area contributed by atoms with Gasteiger partial charge in [-0.1, -0.05) is 30.0 Å². The molecule has 1 amide bonds. The number of ether oxygens (including phenoxy) is 2. The van der Waals surface area contributed by atoms with Crippen molar-refractivity contribution in [1.29, 1.82) is 0 Å². The lowest BCUT2D eigenvalue weighted by atomic mass is 10.1. The van der Waals surface area contributed by atoms with Crippen LogP contribution in [0.3, 0.4) is 0 Å². The molecule has 0 aliphatic carbocycles. The van der Waals surface area contributed by atoms with Gasteiger partial charge in [0.25, 0.3) is 5.91 Å². The minimum absolute atomic E-state index is 0.0686. The van der Waals surface area contributed by atoms with Crippen molar-refractivity contribution in [3.05, 3.63) is 65.5 Å². The molecule has 0 aliphatic rings. The van der Waals surface area contributed by atoms with Crippen molar-refractivity contribution < 1.29 is 19.1 Å². The molecule has 0 saturated heterocycles. The Labute approximate surface area is 185 Å². The predicted octanol–water partition coefficient (Wildman–Crippen LogP) is 3.30. The minimum Gasteiger partial charge on any atom is -0.493 e. The monoisotopic (exact) mass is 440 g/mol. The highest BCUT2D eigenvalue weighted by Gasteiger charge is 2.19. The Morgan fingerprint density at radius 3 is 2.42 bits per heavy atom. The van der Waals surface area contributed by atoms with Crippen LogP contribution in [0, 0.1) is 0 Å². The van der Waals surface area contributed by atoms with E-state index in [-0.39, 0.29) is 23.5 Å². The normalized spacial score (nSPS) is 11.6. The number of ketones is 1. The lowest BCUT2D eigenvalue weighted by Crippen LogP contribution is -2.28. The summed E-state index contributed by atoms with van der Waals surface area (Å²) < 4.78 is 12.2. The molecule has 3 rings (SSSR count). The van der Waals surface area contributed by atoms with Crippen LogP contribution >= 0.6 is 11.8 Å². The average Bonchev–Trinajstić information content (AvgIpc) is 3.17. The Hall–Kier alpha value is -3.33. The fourth-order valence-corrected chi connectivity index (χ4v) is 3.80. The molecule has 31 heavy (non-hydrogen) atoms. The predicted molar refractivity (Wildman–Crippen MR) is 118 cm³/mol. The molecule has 0 saturated carbocycles. The zero-order chi connectivity index (χ0) is 22.4. The number of methoxy groups -OCH3 is 2. The highest BCUT2D eigenvalue weighted by Crippen LogP contribution is 2.28. The maximum Gasteiger partial charge on any atom is 0.251 e. The molecular formula is C22H24N4O4S. The van der Waals surface area contributed by atoms with Crippen LogP contribution in [-0.4, -0.2) is 46.4 Å². The Bertz CT molecular complexity index is 1070. The third-order valence-corrected chi connectivity index (χ3v) is 5.70. The number of carbonyl (C=O) groups is 2. The molecule has 0 bridgehead atoms. The summed E-state index contributed by atoms with van der Waals surface area (Å²) in [5.74, 6) is 1.60. The number of nitrogens with one attached hydrogen (secondary N) is 1. The summed E-state index contributed by atoms with van der Waals surface area (Å²) >= 11 is 1.28. The van der Waals surface area contributed by atoms with Gasteiger partial charge in [-0.25, -0.2) is 0 Å². The SMILES string of the molecule is COc1ccc(C(=O)CSc2nnc(C(C)NC(=O)c3ccccc3)n2C)cc1OC. The van der Waals surface area contributed by atoms with E-state index < -0.39 is 0 Å². The lowest BCUT2D eigenvalue weighted by Gasteiger charge is -2.13. The third kappa shape index (κ3) is 5.24. The van der Waals surface area contributed by atoms with Gasteiger partial charge in [0, 0.05) is 18.2 Å². The number of benzene rings is 2. The van der Waals surface area contributed by atoms with Gasteiger partial charge in [-0.05, 0) is 37.3 Å². The maximum atomic E-state index is 12.6. The number of rotatable bonds is 9. The molecule has 8 nitrogen and oxygen atoms in total. The van der Waals surface area contributed by atoms with Gasteiger partial charge in [0.1, 0.15) is 0 Å². The van der Waals surface area contributed by atoms with E-state index in [0.717, 1.165) is 0 Å². The van der Waals surface area contributed by atoms with Gasteiger partial charge in [-0.2, -0.15) is 0 Å². The van der Waals surface area contributed by atoms with Crippen molar-refractivity contribution in [2.45, 2.75) is 18.1 Å². The summed E-state index contributed by atoms with van der Waals surface area (Å²) in [5.41, 5.74) is 1.10. The van der Waals surface area contributed by atoms with Gasteiger partial charge >= 0.3 is 0 Å². The van der Waals surface area contributed by atoms with E-state index in [1.54, 1.807) is 42.0 Å². The summed E-state index contributed by atoms with van der Waals surface area (Å²) in [7, 11) is 4.88. The second-order valence-corrected chi connectivity index (χ2v) is 7.69.